The van der Waals surface area contributed by atoms with Gasteiger partial charge in [0, 0.05) is 11.6 Å². The van der Waals surface area contributed by atoms with Crippen molar-refractivity contribution in [3.05, 3.63) is 27.7 Å². The second-order valence-corrected chi connectivity index (χ2v) is 5.52. The van der Waals surface area contributed by atoms with Gasteiger partial charge in [0.15, 0.2) is 0 Å². The van der Waals surface area contributed by atoms with Crippen molar-refractivity contribution < 1.29 is 0 Å². The Hall–Kier alpha value is -0.440. The van der Waals surface area contributed by atoms with Crippen molar-refractivity contribution in [1.29, 1.82) is 0 Å². The summed E-state index contributed by atoms with van der Waals surface area (Å²) in [6.45, 7) is 7.76. The largest absolute Gasteiger partial charge is 0.383 e. The van der Waals surface area contributed by atoms with Crippen LogP contribution in [0, 0.1) is 18.8 Å². The first kappa shape index (κ1) is 14.6. The second kappa shape index (κ2) is 6.48. The fourth-order valence-electron chi connectivity index (χ4n) is 1.61. The summed E-state index contributed by atoms with van der Waals surface area (Å²) in [5.41, 5.74) is 7.59. The molecule has 0 aliphatic rings. The van der Waals surface area contributed by atoms with Gasteiger partial charge < -0.3 is 11.1 Å². The number of nitrogens with two attached hydrogens (primary N) is 1. The molecule has 4 heteroatoms. The molecule has 0 fully saturated rings. The van der Waals surface area contributed by atoms with Gasteiger partial charge in [-0.05, 0) is 43.0 Å². The van der Waals surface area contributed by atoms with Crippen molar-refractivity contribution in [2.75, 3.05) is 18.4 Å². The summed E-state index contributed by atoms with van der Waals surface area (Å²) in [5.74, 6) is 0.985. The topological polar surface area (TPSA) is 38.0 Å². The molecule has 3 N–H and O–H groups in total. The molecule has 0 aliphatic heterocycles. The van der Waals surface area contributed by atoms with E-state index in [0.29, 0.717) is 23.4 Å². The van der Waals surface area contributed by atoms with Gasteiger partial charge in [0.25, 0.3) is 0 Å². The summed E-state index contributed by atoms with van der Waals surface area (Å²) in [6.07, 6.45) is 0. The first-order valence-corrected chi connectivity index (χ1v) is 6.60. The summed E-state index contributed by atoms with van der Waals surface area (Å²) in [5, 5.41) is 4.74. The minimum absolute atomic E-state index is 0.436. The molecular formula is C13H20Cl2N2. The molecule has 0 aromatic heterocycles. The van der Waals surface area contributed by atoms with Crippen LogP contribution in [-0.2, 0) is 0 Å². The summed E-state index contributed by atoms with van der Waals surface area (Å²) >= 11 is 12.2. The van der Waals surface area contributed by atoms with Crippen LogP contribution in [0.2, 0.25) is 10.0 Å². The molecule has 17 heavy (non-hydrogen) atoms. The maximum atomic E-state index is 6.16. The van der Waals surface area contributed by atoms with E-state index in [-0.39, 0.29) is 0 Å². The van der Waals surface area contributed by atoms with E-state index in [0.717, 1.165) is 22.8 Å². The van der Waals surface area contributed by atoms with Crippen molar-refractivity contribution in [2.45, 2.75) is 20.8 Å². The standard InChI is InChI=1S/C13H20Cl2N2/c1-8(2)10(6-16)7-17-13-5-11(14)9(3)4-12(13)15/h4-5,8,10,17H,6-7,16H2,1-3H3. The average molecular weight is 275 g/mol. The SMILES string of the molecule is Cc1cc(Cl)c(NCC(CN)C(C)C)cc1Cl. The van der Waals surface area contributed by atoms with Crippen LogP contribution in [0.3, 0.4) is 0 Å². The Balaban J connectivity index is 2.72. The number of rotatable bonds is 5. The Kier molecular flexibility index (Phi) is 5.57. The minimum atomic E-state index is 0.436. The van der Waals surface area contributed by atoms with Crippen molar-refractivity contribution in [2.24, 2.45) is 17.6 Å². The van der Waals surface area contributed by atoms with Crippen LogP contribution in [0.15, 0.2) is 12.1 Å². The summed E-state index contributed by atoms with van der Waals surface area (Å²) in [4.78, 5) is 0. The summed E-state index contributed by atoms with van der Waals surface area (Å²) in [7, 11) is 0. The number of anilines is 1. The van der Waals surface area contributed by atoms with E-state index >= 15 is 0 Å². The summed E-state index contributed by atoms with van der Waals surface area (Å²) < 4.78 is 0. The van der Waals surface area contributed by atoms with Crippen LogP contribution in [0.25, 0.3) is 0 Å². The van der Waals surface area contributed by atoms with Crippen LogP contribution >= 0.6 is 23.2 Å². The molecule has 96 valence electrons. The maximum Gasteiger partial charge on any atom is 0.0641 e. The zero-order valence-corrected chi connectivity index (χ0v) is 12.1. The van der Waals surface area contributed by atoms with Gasteiger partial charge in [-0.15, -0.1) is 0 Å². The lowest BCUT2D eigenvalue weighted by molar-refractivity contribution is 0.413. The van der Waals surface area contributed by atoms with Crippen LogP contribution < -0.4 is 11.1 Å². The molecule has 0 saturated heterocycles. The highest BCUT2D eigenvalue weighted by Gasteiger charge is 2.12. The highest BCUT2D eigenvalue weighted by molar-refractivity contribution is 6.35. The van der Waals surface area contributed by atoms with Crippen LogP contribution in [-0.4, -0.2) is 13.1 Å². The molecule has 0 saturated carbocycles. The summed E-state index contributed by atoms with van der Waals surface area (Å²) in [6, 6.07) is 3.74. The lowest BCUT2D eigenvalue weighted by Gasteiger charge is -2.20. The van der Waals surface area contributed by atoms with E-state index in [9.17, 15) is 0 Å². The third-order valence-corrected chi connectivity index (χ3v) is 3.77. The molecule has 0 radical (unpaired) electrons. The molecule has 0 amide bonds. The maximum absolute atomic E-state index is 6.16. The third kappa shape index (κ3) is 4.06. The minimum Gasteiger partial charge on any atom is -0.383 e. The van der Waals surface area contributed by atoms with Gasteiger partial charge in [-0.3, -0.25) is 0 Å². The molecule has 0 spiro atoms. The van der Waals surface area contributed by atoms with Crippen LogP contribution in [0.5, 0.6) is 0 Å². The van der Waals surface area contributed by atoms with E-state index in [1.807, 2.05) is 19.1 Å². The Morgan fingerprint density at radius 3 is 2.41 bits per heavy atom. The fourth-order valence-corrected chi connectivity index (χ4v) is 2.06. The first-order chi connectivity index (χ1) is 7.95. The third-order valence-electron chi connectivity index (χ3n) is 3.05. The van der Waals surface area contributed by atoms with Gasteiger partial charge in [0.2, 0.25) is 0 Å². The number of halogens is 2. The number of benzene rings is 1. The Morgan fingerprint density at radius 1 is 1.24 bits per heavy atom. The van der Waals surface area contributed by atoms with E-state index in [2.05, 4.69) is 19.2 Å². The van der Waals surface area contributed by atoms with Crippen molar-refractivity contribution in [3.8, 4) is 0 Å². The average Bonchev–Trinajstić information content (AvgIpc) is 2.25. The van der Waals surface area contributed by atoms with E-state index in [1.165, 1.54) is 0 Å². The molecule has 1 atom stereocenters. The highest BCUT2D eigenvalue weighted by Crippen LogP contribution is 2.29. The zero-order chi connectivity index (χ0) is 13.0. The second-order valence-electron chi connectivity index (χ2n) is 4.70. The van der Waals surface area contributed by atoms with Gasteiger partial charge in [0.1, 0.15) is 0 Å². The van der Waals surface area contributed by atoms with Gasteiger partial charge in [0.05, 0.1) is 10.7 Å². The number of hydrogen-bond acceptors (Lipinski definition) is 2. The van der Waals surface area contributed by atoms with Gasteiger partial charge >= 0.3 is 0 Å². The molecular weight excluding hydrogens is 255 g/mol. The fraction of sp³-hybridized carbons (Fsp3) is 0.538. The highest BCUT2D eigenvalue weighted by atomic mass is 35.5. The lowest BCUT2D eigenvalue weighted by atomic mass is 9.96. The number of aryl methyl sites for hydroxylation is 1. The Morgan fingerprint density at radius 2 is 1.88 bits per heavy atom. The predicted molar refractivity (Wildman–Crippen MR) is 77.1 cm³/mol. The zero-order valence-electron chi connectivity index (χ0n) is 10.6. The first-order valence-electron chi connectivity index (χ1n) is 5.85. The Labute approximate surface area is 113 Å². The quantitative estimate of drug-likeness (QED) is 0.854. The van der Waals surface area contributed by atoms with Gasteiger partial charge in [-0.1, -0.05) is 37.0 Å². The molecule has 0 bridgehead atoms. The van der Waals surface area contributed by atoms with Gasteiger partial charge in [-0.2, -0.15) is 0 Å². The molecule has 1 aromatic carbocycles. The van der Waals surface area contributed by atoms with E-state index < -0.39 is 0 Å². The number of hydrogen-bond donors (Lipinski definition) is 2. The molecule has 0 heterocycles. The smallest absolute Gasteiger partial charge is 0.0641 e. The number of nitrogens with one attached hydrogen (secondary N) is 1. The van der Waals surface area contributed by atoms with Crippen molar-refractivity contribution >= 4 is 28.9 Å². The molecule has 2 nitrogen and oxygen atoms in total. The van der Waals surface area contributed by atoms with Crippen molar-refractivity contribution in [3.63, 3.8) is 0 Å². The van der Waals surface area contributed by atoms with E-state index in [4.69, 9.17) is 28.9 Å². The van der Waals surface area contributed by atoms with Crippen LogP contribution in [0.4, 0.5) is 5.69 Å². The molecule has 1 aromatic rings. The monoisotopic (exact) mass is 274 g/mol. The Bertz CT molecular complexity index is 378. The lowest BCUT2D eigenvalue weighted by Crippen LogP contribution is -2.27. The normalized spacial score (nSPS) is 12.9. The van der Waals surface area contributed by atoms with Crippen molar-refractivity contribution in [1.82, 2.24) is 0 Å². The molecule has 0 aliphatic carbocycles. The van der Waals surface area contributed by atoms with E-state index in [1.54, 1.807) is 0 Å². The van der Waals surface area contributed by atoms with Crippen LogP contribution in [0.1, 0.15) is 19.4 Å². The predicted octanol–water partition coefficient (Wildman–Crippen LogP) is 3.94. The molecule has 1 unspecified atom stereocenters. The molecule has 1 rings (SSSR count). The van der Waals surface area contributed by atoms with Gasteiger partial charge in [-0.25, -0.2) is 0 Å².